The van der Waals surface area contributed by atoms with Crippen LogP contribution in [0.15, 0.2) is 30.3 Å². The minimum atomic E-state index is 0.431. The van der Waals surface area contributed by atoms with E-state index in [1.165, 1.54) is 37.7 Å². The zero-order chi connectivity index (χ0) is 12.3. The molecular formula is C15H22O2. The molecule has 1 aromatic rings. The largest absolute Gasteiger partial charge is 0.468 e. The average molecular weight is 234 g/mol. The fraction of sp³-hybridized carbons (Fsp3) is 0.533. The number of hydrogen-bond acceptors (Lipinski definition) is 2. The molecule has 94 valence electrons. The molecule has 2 rings (SSSR count). The van der Waals surface area contributed by atoms with Gasteiger partial charge in [0, 0.05) is 0 Å². The van der Waals surface area contributed by atoms with Crippen LogP contribution >= 0.6 is 0 Å². The highest BCUT2D eigenvalue weighted by atomic mass is 16.5. The molecule has 0 atom stereocenters. The molecule has 2 nitrogen and oxygen atoms in total. The second-order valence-corrected chi connectivity index (χ2v) is 4.37. The molecule has 1 aliphatic rings. The predicted octanol–water partition coefficient (Wildman–Crippen LogP) is 3.60. The Morgan fingerprint density at radius 1 is 1.29 bits per heavy atom. The lowest BCUT2D eigenvalue weighted by Crippen LogP contribution is -2.11. The van der Waals surface area contributed by atoms with Crippen molar-refractivity contribution in [3.05, 3.63) is 35.9 Å². The van der Waals surface area contributed by atoms with Gasteiger partial charge in [-0.2, -0.15) is 0 Å². The maximum Gasteiger partial charge on any atom is 0.293 e. The molecule has 0 bridgehead atoms. The van der Waals surface area contributed by atoms with Gasteiger partial charge in [0.25, 0.3) is 6.47 Å². The van der Waals surface area contributed by atoms with Gasteiger partial charge in [0.1, 0.15) is 0 Å². The Labute approximate surface area is 104 Å². The van der Waals surface area contributed by atoms with Crippen molar-refractivity contribution in [1.29, 1.82) is 0 Å². The van der Waals surface area contributed by atoms with E-state index < -0.39 is 0 Å². The molecule has 1 fully saturated rings. The van der Waals surface area contributed by atoms with Crippen molar-refractivity contribution in [3.63, 3.8) is 0 Å². The number of carbonyl (C=O) groups excluding carboxylic acids is 1. The lowest BCUT2D eigenvalue weighted by molar-refractivity contribution is -0.128. The molecule has 0 aromatic heterocycles. The molecule has 0 radical (unpaired) electrons. The fourth-order valence-electron chi connectivity index (χ4n) is 1.86. The molecule has 2 heteroatoms. The summed E-state index contributed by atoms with van der Waals surface area (Å²) in [5.41, 5.74) is 1.50. The van der Waals surface area contributed by atoms with E-state index >= 15 is 0 Å². The van der Waals surface area contributed by atoms with E-state index in [0.717, 1.165) is 5.92 Å². The van der Waals surface area contributed by atoms with Crippen LogP contribution in [-0.4, -0.2) is 13.1 Å². The normalized spacial score (nSPS) is 14.2. The van der Waals surface area contributed by atoms with E-state index in [1.807, 2.05) is 0 Å². The van der Waals surface area contributed by atoms with Crippen molar-refractivity contribution in [1.82, 2.24) is 0 Å². The molecule has 0 spiro atoms. The van der Waals surface area contributed by atoms with Crippen LogP contribution in [0.4, 0.5) is 0 Å². The highest BCUT2D eigenvalue weighted by Gasteiger charge is 2.16. The number of hydrogen-bond donors (Lipinski definition) is 0. The molecule has 0 heterocycles. The first-order valence-electron chi connectivity index (χ1n) is 6.46. The summed E-state index contributed by atoms with van der Waals surface area (Å²) in [4.78, 5) is 9.18. The minimum Gasteiger partial charge on any atom is -0.468 e. The number of carbonyl (C=O) groups is 1. The molecule has 1 saturated carbocycles. The Bertz CT molecular complexity index is 291. The smallest absolute Gasteiger partial charge is 0.293 e. The van der Waals surface area contributed by atoms with Crippen LogP contribution in [0.3, 0.4) is 0 Å². The summed E-state index contributed by atoms with van der Waals surface area (Å²) in [5.74, 6) is 1.05. The Hall–Kier alpha value is -1.31. The summed E-state index contributed by atoms with van der Waals surface area (Å²) in [6.45, 7) is 2.66. The summed E-state index contributed by atoms with van der Waals surface area (Å²) in [6, 6.07) is 10.8. The minimum absolute atomic E-state index is 0.431. The lowest BCUT2D eigenvalue weighted by Gasteiger charge is -2.25. The van der Waals surface area contributed by atoms with Gasteiger partial charge in [-0.15, -0.1) is 0 Å². The first-order chi connectivity index (χ1) is 8.36. The molecule has 0 saturated heterocycles. The molecule has 0 amide bonds. The first-order valence-corrected chi connectivity index (χ1v) is 6.46. The van der Waals surface area contributed by atoms with Gasteiger partial charge in [-0.1, -0.05) is 49.6 Å². The SMILES string of the molecule is CCOC=O.c1ccc(CCC2CCC2)cc1. The monoisotopic (exact) mass is 234 g/mol. The molecule has 0 N–H and O–H groups in total. The van der Waals surface area contributed by atoms with Crippen molar-refractivity contribution in [2.75, 3.05) is 6.61 Å². The Balaban J connectivity index is 0.000000249. The van der Waals surface area contributed by atoms with Crippen LogP contribution in [0, 0.1) is 5.92 Å². The number of aryl methyl sites for hydroxylation is 1. The van der Waals surface area contributed by atoms with Crippen molar-refractivity contribution in [2.45, 2.75) is 39.0 Å². The van der Waals surface area contributed by atoms with Crippen LogP contribution in [0.1, 0.15) is 38.2 Å². The standard InChI is InChI=1S/C12H16.C3H6O2/c1-2-5-11(6-3-1)9-10-12-7-4-8-12;1-2-5-3-4/h1-3,5-6,12H,4,7-10H2;3H,2H2,1H3. The van der Waals surface area contributed by atoms with Crippen LogP contribution in [-0.2, 0) is 16.0 Å². The van der Waals surface area contributed by atoms with Gasteiger partial charge < -0.3 is 4.74 Å². The maximum atomic E-state index is 9.18. The lowest BCUT2D eigenvalue weighted by atomic mass is 9.81. The molecule has 17 heavy (non-hydrogen) atoms. The highest BCUT2D eigenvalue weighted by molar-refractivity contribution is 5.36. The van der Waals surface area contributed by atoms with Gasteiger partial charge in [0.05, 0.1) is 6.61 Å². The van der Waals surface area contributed by atoms with Gasteiger partial charge >= 0.3 is 0 Å². The van der Waals surface area contributed by atoms with E-state index in [0.29, 0.717) is 13.1 Å². The van der Waals surface area contributed by atoms with Crippen molar-refractivity contribution in [3.8, 4) is 0 Å². The quantitative estimate of drug-likeness (QED) is 0.728. The highest BCUT2D eigenvalue weighted by Crippen LogP contribution is 2.30. The van der Waals surface area contributed by atoms with E-state index in [2.05, 4.69) is 35.1 Å². The third-order valence-corrected chi connectivity index (χ3v) is 3.14. The number of ether oxygens (including phenoxy) is 1. The van der Waals surface area contributed by atoms with Crippen LogP contribution < -0.4 is 0 Å². The van der Waals surface area contributed by atoms with Crippen LogP contribution in [0.5, 0.6) is 0 Å². The zero-order valence-electron chi connectivity index (χ0n) is 10.6. The average Bonchev–Trinajstić information content (AvgIpc) is 2.30. The summed E-state index contributed by atoms with van der Waals surface area (Å²) >= 11 is 0. The van der Waals surface area contributed by atoms with Crippen molar-refractivity contribution < 1.29 is 9.53 Å². The number of rotatable bonds is 5. The Morgan fingerprint density at radius 2 is 2.00 bits per heavy atom. The molecule has 0 aliphatic heterocycles. The summed E-state index contributed by atoms with van der Waals surface area (Å²) < 4.78 is 4.15. The summed E-state index contributed by atoms with van der Waals surface area (Å²) in [5, 5.41) is 0. The van der Waals surface area contributed by atoms with E-state index in [1.54, 1.807) is 6.92 Å². The molecule has 1 aliphatic carbocycles. The van der Waals surface area contributed by atoms with Gasteiger partial charge in [-0.05, 0) is 31.2 Å². The topological polar surface area (TPSA) is 26.3 Å². The van der Waals surface area contributed by atoms with E-state index in [-0.39, 0.29) is 0 Å². The van der Waals surface area contributed by atoms with Gasteiger partial charge in [-0.3, -0.25) is 4.79 Å². The summed E-state index contributed by atoms with van der Waals surface area (Å²) in [6.07, 6.45) is 7.12. The first kappa shape index (κ1) is 13.8. The third kappa shape index (κ3) is 6.10. The third-order valence-electron chi connectivity index (χ3n) is 3.14. The molecule has 1 aromatic carbocycles. The molecule has 0 unspecified atom stereocenters. The van der Waals surface area contributed by atoms with Crippen LogP contribution in [0.2, 0.25) is 0 Å². The van der Waals surface area contributed by atoms with Crippen molar-refractivity contribution >= 4 is 6.47 Å². The van der Waals surface area contributed by atoms with E-state index in [4.69, 9.17) is 0 Å². The number of benzene rings is 1. The predicted molar refractivity (Wildman–Crippen MR) is 69.8 cm³/mol. The molecular weight excluding hydrogens is 212 g/mol. The zero-order valence-corrected chi connectivity index (χ0v) is 10.6. The maximum absolute atomic E-state index is 9.18. The van der Waals surface area contributed by atoms with E-state index in [9.17, 15) is 4.79 Å². The van der Waals surface area contributed by atoms with Gasteiger partial charge in [0.15, 0.2) is 0 Å². The van der Waals surface area contributed by atoms with Gasteiger partial charge in [0.2, 0.25) is 0 Å². The van der Waals surface area contributed by atoms with Gasteiger partial charge in [-0.25, -0.2) is 0 Å². The summed E-state index contributed by atoms with van der Waals surface area (Å²) in [7, 11) is 0. The fourth-order valence-corrected chi connectivity index (χ4v) is 1.86. The Morgan fingerprint density at radius 3 is 2.41 bits per heavy atom. The second kappa shape index (κ2) is 8.80. The van der Waals surface area contributed by atoms with Crippen molar-refractivity contribution in [2.24, 2.45) is 5.92 Å². The second-order valence-electron chi connectivity index (χ2n) is 4.37. The van der Waals surface area contributed by atoms with Crippen LogP contribution in [0.25, 0.3) is 0 Å². The Kier molecular flexibility index (Phi) is 7.12.